The number of benzene rings is 1. The first-order chi connectivity index (χ1) is 8.06. The lowest BCUT2D eigenvalue weighted by molar-refractivity contribution is -0.385. The Hall–Kier alpha value is -1.14. The molecule has 6 heteroatoms. The Morgan fingerprint density at radius 1 is 1.47 bits per heavy atom. The van der Waals surface area contributed by atoms with E-state index in [1.54, 1.807) is 11.8 Å². The third-order valence-electron chi connectivity index (χ3n) is 2.82. The van der Waals surface area contributed by atoms with Crippen LogP contribution in [0.25, 0.3) is 0 Å². The Kier molecular flexibility index (Phi) is 3.63. The van der Waals surface area contributed by atoms with Crippen molar-refractivity contribution in [1.29, 1.82) is 0 Å². The highest BCUT2D eigenvalue weighted by atomic mass is 32.2. The van der Waals surface area contributed by atoms with Gasteiger partial charge in [0.1, 0.15) is 5.82 Å². The van der Waals surface area contributed by atoms with Crippen molar-refractivity contribution in [2.75, 3.05) is 11.5 Å². The zero-order valence-electron chi connectivity index (χ0n) is 9.01. The molecule has 2 atom stereocenters. The minimum atomic E-state index is -0.605. The predicted molar refractivity (Wildman–Crippen MR) is 63.6 cm³/mol. The Labute approximate surface area is 102 Å². The van der Waals surface area contributed by atoms with Gasteiger partial charge in [-0.3, -0.25) is 10.1 Å². The number of nitro benzene ring substituents is 1. The van der Waals surface area contributed by atoms with Gasteiger partial charge in [-0.1, -0.05) is 0 Å². The fourth-order valence-corrected chi connectivity index (χ4v) is 3.23. The molecule has 1 aliphatic heterocycles. The number of nitrogens with zero attached hydrogens (tertiary/aromatic N) is 1. The molecule has 4 nitrogen and oxygen atoms in total. The van der Waals surface area contributed by atoms with E-state index in [1.165, 1.54) is 12.1 Å². The summed E-state index contributed by atoms with van der Waals surface area (Å²) in [6, 6.07) is 3.57. The molecule has 0 aliphatic carbocycles. The topological polar surface area (TPSA) is 63.4 Å². The zero-order chi connectivity index (χ0) is 12.4. The van der Waals surface area contributed by atoms with Gasteiger partial charge in [-0.05, 0) is 29.7 Å². The zero-order valence-corrected chi connectivity index (χ0v) is 9.82. The van der Waals surface area contributed by atoms with E-state index in [0.29, 0.717) is 17.7 Å². The maximum atomic E-state index is 13.2. The average Bonchev–Trinajstić information content (AvgIpc) is 2.63. The number of hydrogen-bond acceptors (Lipinski definition) is 4. The molecule has 17 heavy (non-hydrogen) atoms. The molecule has 1 fully saturated rings. The number of nitro groups is 1. The SMILES string of the molecule is O=[N+]([O-])c1cc(F)cc(CC2CSCC2O)c1. The Balaban J connectivity index is 2.17. The number of hydrogen-bond donors (Lipinski definition) is 1. The van der Waals surface area contributed by atoms with Gasteiger partial charge in [-0.15, -0.1) is 0 Å². The Morgan fingerprint density at radius 3 is 2.82 bits per heavy atom. The van der Waals surface area contributed by atoms with Gasteiger partial charge >= 0.3 is 0 Å². The van der Waals surface area contributed by atoms with E-state index in [9.17, 15) is 19.6 Å². The molecule has 0 spiro atoms. The van der Waals surface area contributed by atoms with Crippen LogP contribution in [0, 0.1) is 21.8 Å². The number of aliphatic hydroxyl groups is 1. The Bertz CT molecular complexity index is 441. The molecule has 1 aromatic rings. The van der Waals surface area contributed by atoms with E-state index in [2.05, 4.69) is 0 Å². The van der Waals surface area contributed by atoms with Crippen molar-refractivity contribution in [3.05, 3.63) is 39.7 Å². The molecule has 0 saturated carbocycles. The molecule has 1 N–H and O–H groups in total. The first kappa shape index (κ1) is 12.3. The number of rotatable bonds is 3. The van der Waals surface area contributed by atoms with Crippen LogP contribution in [-0.2, 0) is 6.42 Å². The van der Waals surface area contributed by atoms with Crippen LogP contribution in [0.1, 0.15) is 5.56 Å². The lowest BCUT2D eigenvalue weighted by Crippen LogP contribution is -2.20. The molecule has 1 heterocycles. The molecular formula is C11H12FNO3S. The molecule has 1 aliphatic rings. The third-order valence-corrected chi connectivity index (χ3v) is 4.06. The predicted octanol–water partition coefficient (Wildman–Crippen LogP) is 2.00. The second-order valence-electron chi connectivity index (χ2n) is 4.14. The number of non-ortho nitro benzene ring substituents is 1. The van der Waals surface area contributed by atoms with E-state index in [4.69, 9.17) is 0 Å². The van der Waals surface area contributed by atoms with Gasteiger partial charge in [0.15, 0.2) is 0 Å². The van der Waals surface area contributed by atoms with Crippen LogP contribution in [0.5, 0.6) is 0 Å². The van der Waals surface area contributed by atoms with Crippen molar-refractivity contribution >= 4 is 17.4 Å². The van der Waals surface area contributed by atoms with Crippen molar-refractivity contribution in [2.45, 2.75) is 12.5 Å². The fourth-order valence-electron chi connectivity index (χ4n) is 1.94. The van der Waals surface area contributed by atoms with Gasteiger partial charge in [0.25, 0.3) is 5.69 Å². The van der Waals surface area contributed by atoms with Crippen LogP contribution in [0.4, 0.5) is 10.1 Å². The molecule has 0 amide bonds. The van der Waals surface area contributed by atoms with Gasteiger partial charge in [-0.2, -0.15) is 11.8 Å². The van der Waals surface area contributed by atoms with Gasteiger partial charge < -0.3 is 5.11 Å². The molecule has 0 bridgehead atoms. The van der Waals surface area contributed by atoms with Crippen molar-refractivity contribution in [3.63, 3.8) is 0 Å². The van der Waals surface area contributed by atoms with Gasteiger partial charge in [0.2, 0.25) is 0 Å². The van der Waals surface area contributed by atoms with Gasteiger partial charge in [0, 0.05) is 11.8 Å². The minimum absolute atomic E-state index is 0.0569. The number of thioether (sulfide) groups is 1. The first-order valence-corrected chi connectivity index (χ1v) is 6.41. The van der Waals surface area contributed by atoms with Crippen LogP contribution < -0.4 is 0 Å². The largest absolute Gasteiger partial charge is 0.392 e. The van der Waals surface area contributed by atoms with Crippen molar-refractivity contribution in [2.24, 2.45) is 5.92 Å². The van der Waals surface area contributed by atoms with Gasteiger partial charge in [-0.25, -0.2) is 4.39 Å². The fraction of sp³-hybridized carbons (Fsp3) is 0.455. The monoisotopic (exact) mass is 257 g/mol. The Morgan fingerprint density at radius 2 is 2.24 bits per heavy atom. The summed E-state index contributed by atoms with van der Waals surface area (Å²) in [7, 11) is 0. The summed E-state index contributed by atoms with van der Waals surface area (Å²) < 4.78 is 13.2. The molecule has 0 aromatic heterocycles. The number of halogens is 1. The van der Waals surface area contributed by atoms with Gasteiger partial charge in [0.05, 0.1) is 17.1 Å². The van der Waals surface area contributed by atoms with Crippen LogP contribution in [-0.4, -0.2) is 27.6 Å². The highest BCUT2D eigenvalue weighted by Gasteiger charge is 2.26. The molecular weight excluding hydrogens is 245 g/mol. The molecule has 2 unspecified atom stereocenters. The van der Waals surface area contributed by atoms with E-state index in [1.807, 2.05) is 0 Å². The minimum Gasteiger partial charge on any atom is -0.392 e. The summed E-state index contributed by atoms with van der Waals surface area (Å²) >= 11 is 1.65. The second kappa shape index (κ2) is 5.01. The van der Waals surface area contributed by atoms with E-state index in [0.717, 1.165) is 11.8 Å². The standard InChI is InChI=1S/C11H12FNO3S/c12-9-2-7(3-10(4-9)13(15)16)1-8-5-17-6-11(8)14/h2-4,8,11,14H,1,5-6H2. The maximum Gasteiger partial charge on any atom is 0.272 e. The summed E-state index contributed by atoms with van der Waals surface area (Å²) in [5, 5.41) is 20.2. The lowest BCUT2D eigenvalue weighted by Gasteiger charge is -2.13. The molecule has 92 valence electrons. The quantitative estimate of drug-likeness (QED) is 0.664. The van der Waals surface area contributed by atoms with E-state index >= 15 is 0 Å². The summed E-state index contributed by atoms with van der Waals surface area (Å²) in [5.41, 5.74) is 0.336. The van der Waals surface area contributed by atoms with Crippen molar-refractivity contribution in [3.8, 4) is 0 Å². The highest BCUT2D eigenvalue weighted by Crippen LogP contribution is 2.28. The summed E-state index contributed by atoms with van der Waals surface area (Å²) in [6.45, 7) is 0. The lowest BCUT2D eigenvalue weighted by atomic mass is 9.96. The number of aliphatic hydroxyl groups excluding tert-OH is 1. The summed E-state index contributed by atoms with van der Waals surface area (Å²) in [5.74, 6) is 0.948. The summed E-state index contributed by atoms with van der Waals surface area (Å²) in [6.07, 6.45) is 0.0783. The van der Waals surface area contributed by atoms with Crippen LogP contribution in [0.3, 0.4) is 0 Å². The normalized spacial score (nSPS) is 23.9. The second-order valence-corrected chi connectivity index (χ2v) is 5.22. The van der Waals surface area contributed by atoms with Crippen molar-refractivity contribution < 1.29 is 14.4 Å². The van der Waals surface area contributed by atoms with Crippen molar-refractivity contribution in [1.82, 2.24) is 0 Å². The van der Waals surface area contributed by atoms with E-state index < -0.39 is 16.8 Å². The average molecular weight is 257 g/mol. The first-order valence-electron chi connectivity index (χ1n) is 5.26. The van der Waals surface area contributed by atoms with Crippen LogP contribution in [0.15, 0.2) is 18.2 Å². The van der Waals surface area contributed by atoms with Crippen LogP contribution >= 0.6 is 11.8 Å². The smallest absolute Gasteiger partial charge is 0.272 e. The highest BCUT2D eigenvalue weighted by molar-refractivity contribution is 7.99. The summed E-state index contributed by atoms with van der Waals surface area (Å²) in [4.78, 5) is 9.99. The van der Waals surface area contributed by atoms with Crippen LogP contribution in [0.2, 0.25) is 0 Å². The molecule has 1 aromatic carbocycles. The maximum absolute atomic E-state index is 13.2. The molecule has 2 rings (SSSR count). The molecule has 1 saturated heterocycles. The third kappa shape index (κ3) is 2.95. The van der Waals surface area contributed by atoms with E-state index in [-0.39, 0.29) is 11.6 Å². The molecule has 0 radical (unpaired) electrons.